The number of amides is 2. The molecule has 0 saturated heterocycles. The summed E-state index contributed by atoms with van der Waals surface area (Å²) in [6, 6.07) is 18.8. The summed E-state index contributed by atoms with van der Waals surface area (Å²) < 4.78 is 5.68. The number of hydrogen-bond acceptors (Lipinski definition) is 5. The summed E-state index contributed by atoms with van der Waals surface area (Å²) >= 11 is 5.95. The molecule has 0 saturated carbocycles. The summed E-state index contributed by atoms with van der Waals surface area (Å²) in [4.78, 5) is 34.6. The molecule has 3 aromatic rings. The number of benzene rings is 3. The van der Waals surface area contributed by atoms with Crippen LogP contribution in [0.15, 0.2) is 72.8 Å². The molecule has 0 aromatic heterocycles. The van der Waals surface area contributed by atoms with Crippen molar-refractivity contribution in [3.8, 4) is 5.75 Å². The minimum atomic E-state index is -0.680. The zero-order valence-corrected chi connectivity index (χ0v) is 16.3. The molecule has 0 atom stereocenters. The highest BCUT2D eigenvalue weighted by atomic mass is 35.5. The van der Waals surface area contributed by atoms with Crippen LogP contribution in [0.3, 0.4) is 0 Å². The molecule has 2 amide bonds. The first-order valence-electron chi connectivity index (χ1n) is 8.75. The highest BCUT2D eigenvalue weighted by Gasteiger charge is 2.13. The topological polar surface area (TPSA) is 111 Å². The van der Waals surface area contributed by atoms with Crippen LogP contribution in [0.1, 0.15) is 26.3 Å². The molecule has 0 bridgehead atoms. The van der Waals surface area contributed by atoms with E-state index in [1.807, 2.05) is 12.1 Å². The molecule has 30 heavy (non-hydrogen) atoms. The Morgan fingerprint density at radius 1 is 0.900 bits per heavy atom. The van der Waals surface area contributed by atoms with Gasteiger partial charge < -0.3 is 4.74 Å². The Labute approximate surface area is 176 Å². The average Bonchev–Trinajstić information content (AvgIpc) is 2.76. The van der Waals surface area contributed by atoms with Crippen molar-refractivity contribution in [2.45, 2.75) is 6.61 Å². The van der Waals surface area contributed by atoms with Gasteiger partial charge in [0.2, 0.25) is 0 Å². The average molecular weight is 426 g/mol. The van der Waals surface area contributed by atoms with Crippen molar-refractivity contribution >= 4 is 29.1 Å². The third kappa shape index (κ3) is 5.55. The molecule has 0 unspecified atom stereocenters. The van der Waals surface area contributed by atoms with E-state index in [4.69, 9.17) is 16.3 Å². The number of nitro benzene ring substituents is 1. The number of nitrogens with zero attached hydrogens (tertiary/aromatic N) is 1. The van der Waals surface area contributed by atoms with Crippen LogP contribution >= 0.6 is 11.6 Å². The van der Waals surface area contributed by atoms with Crippen LogP contribution in [0.4, 0.5) is 5.69 Å². The van der Waals surface area contributed by atoms with E-state index in [1.165, 1.54) is 24.3 Å². The predicted molar refractivity (Wildman–Crippen MR) is 110 cm³/mol. The van der Waals surface area contributed by atoms with Gasteiger partial charge in [-0.1, -0.05) is 35.9 Å². The normalized spacial score (nSPS) is 10.2. The largest absolute Gasteiger partial charge is 0.489 e. The third-order valence-corrected chi connectivity index (χ3v) is 4.23. The van der Waals surface area contributed by atoms with E-state index in [0.717, 1.165) is 11.6 Å². The Morgan fingerprint density at radius 2 is 1.53 bits per heavy atom. The fourth-order valence-corrected chi connectivity index (χ4v) is 2.75. The molecule has 152 valence electrons. The van der Waals surface area contributed by atoms with Gasteiger partial charge in [-0.05, 0) is 42.0 Å². The second kappa shape index (κ2) is 9.53. The smallest absolute Gasteiger partial charge is 0.270 e. The van der Waals surface area contributed by atoms with E-state index in [1.54, 1.807) is 30.3 Å². The van der Waals surface area contributed by atoms with Crippen molar-refractivity contribution in [1.82, 2.24) is 10.9 Å². The summed E-state index contributed by atoms with van der Waals surface area (Å²) in [5.41, 5.74) is 5.46. The molecule has 0 aliphatic rings. The van der Waals surface area contributed by atoms with Crippen LogP contribution < -0.4 is 15.6 Å². The number of ether oxygens (including phenoxy) is 1. The molecule has 0 radical (unpaired) electrons. The number of hydrogen-bond donors (Lipinski definition) is 2. The fourth-order valence-electron chi connectivity index (χ4n) is 2.54. The zero-order valence-electron chi connectivity index (χ0n) is 15.5. The van der Waals surface area contributed by atoms with Crippen LogP contribution in [0.2, 0.25) is 5.02 Å². The highest BCUT2D eigenvalue weighted by Crippen LogP contribution is 2.17. The number of non-ortho nitro benzene ring substituents is 1. The molecule has 2 N–H and O–H groups in total. The van der Waals surface area contributed by atoms with E-state index >= 15 is 0 Å². The van der Waals surface area contributed by atoms with E-state index in [9.17, 15) is 19.7 Å². The summed E-state index contributed by atoms with van der Waals surface area (Å²) in [6.07, 6.45) is 0. The van der Waals surface area contributed by atoms with Gasteiger partial charge in [-0.25, -0.2) is 0 Å². The highest BCUT2D eigenvalue weighted by molar-refractivity contribution is 6.30. The second-order valence-corrected chi connectivity index (χ2v) is 6.60. The molecule has 0 heterocycles. The first kappa shape index (κ1) is 20.8. The lowest BCUT2D eigenvalue weighted by molar-refractivity contribution is -0.384. The zero-order chi connectivity index (χ0) is 21.5. The standard InChI is InChI=1S/C21H16ClN3O5/c22-17-7-1-4-14(10-17)13-30-19-9-3-6-16(12-19)21(27)24-23-20(26)15-5-2-8-18(11-15)25(28)29/h1-12H,13H2,(H,23,26)(H,24,27). The molecular weight excluding hydrogens is 410 g/mol. The Kier molecular flexibility index (Phi) is 6.61. The molecule has 3 aromatic carbocycles. The van der Waals surface area contributed by atoms with Crippen LogP contribution in [0.25, 0.3) is 0 Å². The maximum absolute atomic E-state index is 12.3. The van der Waals surface area contributed by atoms with Gasteiger partial charge in [-0.15, -0.1) is 0 Å². The molecule has 0 aliphatic heterocycles. The van der Waals surface area contributed by atoms with Crippen molar-refractivity contribution in [2.24, 2.45) is 0 Å². The quantitative estimate of drug-likeness (QED) is 0.459. The Bertz CT molecular complexity index is 1100. The monoisotopic (exact) mass is 425 g/mol. The van der Waals surface area contributed by atoms with Gasteiger partial charge in [-0.2, -0.15) is 0 Å². The fraction of sp³-hybridized carbons (Fsp3) is 0.0476. The molecule has 0 fully saturated rings. The molecule has 3 rings (SSSR count). The van der Waals surface area contributed by atoms with Gasteiger partial charge in [0.25, 0.3) is 17.5 Å². The third-order valence-electron chi connectivity index (χ3n) is 4.00. The lowest BCUT2D eigenvalue weighted by atomic mass is 10.2. The number of rotatable bonds is 6. The summed E-state index contributed by atoms with van der Waals surface area (Å²) in [5.74, 6) is -0.782. The van der Waals surface area contributed by atoms with Crippen molar-refractivity contribution in [3.63, 3.8) is 0 Å². The number of halogens is 1. The maximum atomic E-state index is 12.3. The first-order chi connectivity index (χ1) is 14.4. The lowest BCUT2D eigenvalue weighted by Crippen LogP contribution is -2.41. The van der Waals surface area contributed by atoms with Gasteiger partial charge in [0.1, 0.15) is 12.4 Å². The number of carbonyl (C=O) groups excluding carboxylic acids is 2. The molecule has 0 aliphatic carbocycles. The van der Waals surface area contributed by atoms with E-state index in [0.29, 0.717) is 10.8 Å². The van der Waals surface area contributed by atoms with Gasteiger partial charge in [0, 0.05) is 28.3 Å². The summed E-state index contributed by atoms with van der Waals surface area (Å²) in [5, 5.41) is 11.4. The lowest BCUT2D eigenvalue weighted by Gasteiger charge is -2.10. The van der Waals surface area contributed by atoms with Crippen LogP contribution in [-0.4, -0.2) is 16.7 Å². The molecule has 0 spiro atoms. The van der Waals surface area contributed by atoms with Gasteiger partial charge >= 0.3 is 0 Å². The maximum Gasteiger partial charge on any atom is 0.270 e. The van der Waals surface area contributed by atoms with Crippen LogP contribution in [0, 0.1) is 10.1 Å². The Morgan fingerprint density at radius 3 is 2.20 bits per heavy atom. The first-order valence-corrected chi connectivity index (χ1v) is 9.12. The number of nitrogens with one attached hydrogen (secondary N) is 2. The molecule has 9 heteroatoms. The minimum absolute atomic E-state index is 0.0445. The predicted octanol–water partition coefficient (Wildman–Crippen LogP) is 3.90. The number of hydrazine groups is 1. The van der Waals surface area contributed by atoms with Crippen molar-refractivity contribution in [1.29, 1.82) is 0 Å². The van der Waals surface area contributed by atoms with E-state index < -0.39 is 16.7 Å². The van der Waals surface area contributed by atoms with E-state index in [2.05, 4.69) is 10.9 Å². The van der Waals surface area contributed by atoms with Gasteiger partial charge in [-0.3, -0.25) is 30.6 Å². The van der Waals surface area contributed by atoms with Crippen LogP contribution in [0.5, 0.6) is 5.75 Å². The number of nitro groups is 1. The van der Waals surface area contributed by atoms with Gasteiger partial charge in [0.15, 0.2) is 0 Å². The Hall–Kier alpha value is -3.91. The van der Waals surface area contributed by atoms with Crippen LogP contribution in [-0.2, 0) is 6.61 Å². The van der Waals surface area contributed by atoms with Crippen molar-refractivity contribution < 1.29 is 19.2 Å². The molecule has 8 nitrogen and oxygen atoms in total. The molecular formula is C21H16ClN3O5. The Balaban J connectivity index is 1.59. The summed E-state index contributed by atoms with van der Waals surface area (Å²) in [7, 11) is 0. The minimum Gasteiger partial charge on any atom is -0.489 e. The van der Waals surface area contributed by atoms with Crippen molar-refractivity contribution in [3.05, 3.63) is 105 Å². The SMILES string of the molecule is O=C(NNC(=O)c1cccc([N+](=O)[O-])c1)c1cccc(OCc2cccc(Cl)c2)c1. The van der Waals surface area contributed by atoms with E-state index in [-0.39, 0.29) is 23.4 Å². The van der Waals surface area contributed by atoms with Gasteiger partial charge in [0.05, 0.1) is 4.92 Å². The second-order valence-electron chi connectivity index (χ2n) is 6.16. The number of carbonyl (C=O) groups is 2. The summed E-state index contributed by atoms with van der Waals surface area (Å²) in [6.45, 7) is 0.273. The van der Waals surface area contributed by atoms with Crippen molar-refractivity contribution in [2.75, 3.05) is 0 Å².